The van der Waals surface area contributed by atoms with E-state index in [9.17, 15) is 4.79 Å². The van der Waals surface area contributed by atoms with Crippen molar-refractivity contribution in [2.75, 3.05) is 19.7 Å². The highest BCUT2D eigenvalue weighted by molar-refractivity contribution is 7.15. The molecule has 5 nitrogen and oxygen atoms in total. The number of hydrogen-bond acceptors (Lipinski definition) is 4. The Morgan fingerprint density at radius 3 is 3.10 bits per heavy atom. The zero-order valence-corrected chi connectivity index (χ0v) is 12.4. The van der Waals surface area contributed by atoms with Gasteiger partial charge in [0.25, 0.3) is 5.91 Å². The molecule has 2 aromatic rings. The molecule has 0 aromatic carbocycles. The number of ether oxygens (including phenoxy) is 1. The van der Waals surface area contributed by atoms with E-state index in [1.54, 1.807) is 16.2 Å². The molecule has 0 saturated carbocycles. The lowest BCUT2D eigenvalue weighted by Crippen LogP contribution is -2.44. The number of rotatable bonds is 2. The van der Waals surface area contributed by atoms with Crippen molar-refractivity contribution in [3.05, 3.63) is 28.8 Å². The van der Waals surface area contributed by atoms with Gasteiger partial charge in [0.2, 0.25) is 0 Å². The van der Waals surface area contributed by atoms with Crippen molar-refractivity contribution in [2.24, 2.45) is 0 Å². The van der Waals surface area contributed by atoms with Crippen LogP contribution in [0.25, 0.3) is 10.6 Å². The molecule has 1 fully saturated rings. The van der Waals surface area contributed by atoms with Crippen molar-refractivity contribution >= 4 is 17.2 Å². The molecular weight excluding hydrogens is 274 g/mol. The van der Waals surface area contributed by atoms with Gasteiger partial charge in [0.05, 0.1) is 23.3 Å². The predicted octanol–water partition coefficient (Wildman–Crippen LogP) is 2.31. The second kappa shape index (κ2) is 5.38. The third-order valence-electron chi connectivity index (χ3n) is 3.33. The van der Waals surface area contributed by atoms with Gasteiger partial charge in [-0.3, -0.25) is 9.89 Å². The van der Waals surface area contributed by atoms with Crippen molar-refractivity contribution in [2.45, 2.75) is 20.0 Å². The number of aromatic amines is 1. The molecule has 0 radical (unpaired) electrons. The second-order valence-corrected chi connectivity index (χ2v) is 6.30. The summed E-state index contributed by atoms with van der Waals surface area (Å²) >= 11 is 1.69. The van der Waals surface area contributed by atoms with E-state index in [-0.39, 0.29) is 12.0 Å². The maximum Gasteiger partial charge on any atom is 0.274 e. The molecule has 0 aliphatic carbocycles. The number of hydrogen-bond donors (Lipinski definition) is 1. The standard InChI is InChI=1S/C14H17N3O2S/c1-9-8-17(5-6-19-9)14(18)12-7-11(15-16-12)13-4-3-10(2)20-13/h3-4,7,9H,5-6,8H2,1-2H3,(H,15,16)/t9-/m1/s1. The molecule has 6 heteroatoms. The van der Waals surface area contributed by atoms with Crippen LogP contribution in [0.5, 0.6) is 0 Å². The molecule has 106 valence electrons. The number of carbonyl (C=O) groups is 1. The molecule has 20 heavy (non-hydrogen) atoms. The minimum Gasteiger partial charge on any atom is -0.375 e. The van der Waals surface area contributed by atoms with Gasteiger partial charge in [-0.05, 0) is 32.0 Å². The number of aryl methyl sites for hydroxylation is 1. The fraction of sp³-hybridized carbons (Fsp3) is 0.429. The van der Waals surface area contributed by atoms with Crippen LogP contribution in [0, 0.1) is 6.92 Å². The van der Waals surface area contributed by atoms with Gasteiger partial charge < -0.3 is 9.64 Å². The third-order valence-corrected chi connectivity index (χ3v) is 4.37. The summed E-state index contributed by atoms with van der Waals surface area (Å²) in [6.45, 7) is 5.88. The van der Waals surface area contributed by atoms with Crippen molar-refractivity contribution < 1.29 is 9.53 Å². The molecule has 3 heterocycles. The van der Waals surface area contributed by atoms with Gasteiger partial charge in [0, 0.05) is 18.0 Å². The average Bonchev–Trinajstić information content (AvgIpc) is 3.06. The number of amides is 1. The lowest BCUT2D eigenvalue weighted by molar-refractivity contribution is -0.0126. The van der Waals surface area contributed by atoms with Gasteiger partial charge in [-0.1, -0.05) is 0 Å². The Bertz CT molecular complexity index is 619. The lowest BCUT2D eigenvalue weighted by Gasteiger charge is -2.30. The van der Waals surface area contributed by atoms with Gasteiger partial charge in [0.15, 0.2) is 5.69 Å². The third kappa shape index (κ3) is 2.62. The van der Waals surface area contributed by atoms with E-state index in [2.05, 4.69) is 23.2 Å². The number of aromatic nitrogens is 2. The summed E-state index contributed by atoms with van der Waals surface area (Å²) in [6, 6.07) is 5.93. The Hall–Kier alpha value is -1.66. The first-order valence-corrected chi connectivity index (χ1v) is 7.48. The lowest BCUT2D eigenvalue weighted by atomic mass is 10.2. The Labute approximate surface area is 121 Å². The van der Waals surface area contributed by atoms with Gasteiger partial charge in [-0.2, -0.15) is 5.10 Å². The number of carbonyl (C=O) groups excluding carboxylic acids is 1. The minimum absolute atomic E-state index is 0.0315. The normalized spacial score (nSPS) is 19.3. The molecule has 0 spiro atoms. The summed E-state index contributed by atoms with van der Waals surface area (Å²) in [7, 11) is 0. The molecule has 1 N–H and O–H groups in total. The summed E-state index contributed by atoms with van der Waals surface area (Å²) in [4.78, 5) is 16.5. The average molecular weight is 291 g/mol. The van der Waals surface area contributed by atoms with Crippen molar-refractivity contribution in [3.63, 3.8) is 0 Å². The van der Waals surface area contributed by atoms with Crippen molar-refractivity contribution in [1.29, 1.82) is 0 Å². The van der Waals surface area contributed by atoms with Crippen LogP contribution in [0.3, 0.4) is 0 Å². The molecule has 1 aliphatic heterocycles. The topological polar surface area (TPSA) is 58.2 Å². The fourth-order valence-electron chi connectivity index (χ4n) is 2.30. The second-order valence-electron chi connectivity index (χ2n) is 5.01. The number of H-pyrrole nitrogens is 1. The van der Waals surface area contributed by atoms with E-state index >= 15 is 0 Å². The molecule has 1 aliphatic rings. The molecule has 1 atom stereocenters. The number of nitrogens with zero attached hydrogens (tertiary/aromatic N) is 2. The number of nitrogens with one attached hydrogen (secondary N) is 1. The van der Waals surface area contributed by atoms with E-state index in [1.807, 2.05) is 19.1 Å². The van der Waals surface area contributed by atoms with E-state index in [0.717, 1.165) is 10.6 Å². The summed E-state index contributed by atoms with van der Waals surface area (Å²) in [5.41, 5.74) is 1.37. The SMILES string of the molecule is Cc1ccc(-c2cc(C(=O)N3CCO[C@H](C)C3)n[nH]2)s1. The van der Waals surface area contributed by atoms with E-state index in [0.29, 0.717) is 25.4 Å². The van der Waals surface area contributed by atoms with E-state index < -0.39 is 0 Å². The molecule has 0 bridgehead atoms. The zero-order valence-electron chi connectivity index (χ0n) is 11.5. The Balaban J connectivity index is 1.77. The van der Waals surface area contributed by atoms with Crippen LogP contribution in [0.4, 0.5) is 0 Å². The van der Waals surface area contributed by atoms with Crippen molar-refractivity contribution in [1.82, 2.24) is 15.1 Å². The minimum atomic E-state index is -0.0315. The molecule has 1 amide bonds. The molecule has 0 unspecified atom stereocenters. The van der Waals surface area contributed by atoms with Crippen LogP contribution >= 0.6 is 11.3 Å². The molecule has 1 saturated heterocycles. The first-order valence-electron chi connectivity index (χ1n) is 6.66. The van der Waals surface area contributed by atoms with Crippen LogP contribution in [0.15, 0.2) is 18.2 Å². The zero-order chi connectivity index (χ0) is 14.1. The highest BCUT2D eigenvalue weighted by Gasteiger charge is 2.24. The van der Waals surface area contributed by atoms with E-state index in [1.165, 1.54) is 4.88 Å². The molecule has 2 aromatic heterocycles. The van der Waals surface area contributed by atoms with Crippen LogP contribution in [-0.4, -0.2) is 46.8 Å². The number of morpholine rings is 1. The van der Waals surface area contributed by atoms with Gasteiger partial charge in [0.1, 0.15) is 0 Å². The van der Waals surface area contributed by atoms with Crippen LogP contribution < -0.4 is 0 Å². The Morgan fingerprint density at radius 1 is 1.55 bits per heavy atom. The highest BCUT2D eigenvalue weighted by Crippen LogP contribution is 2.26. The van der Waals surface area contributed by atoms with E-state index in [4.69, 9.17) is 4.74 Å². The Morgan fingerprint density at radius 2 is 2.40 bits per heavy atom. The van der Waals surface area contributed by atoms with Crippen LogP contribution in [0.1, 0.15) is 22.3 Å². The monoisotopic (exact) mass is 291 g/mol. The van der Waals surface area contributed by atoms with Gasteiger partial charge >= 0.3 is 0 Å². The largest absolute Gasteiger partial charge is 0.375 e. The fourth-order valence-corrected chi connectivity index (χ4v) is 3.14. The highest BCUT2D eigenvalue weighted by atomic mass is 32.1. The van der Waals surface area contributed by atoms with Crippen LogP contribution in [0.2, 0.25) is 0 Å². The summed E-state index contributed by atoms with van der Waals surface area (Å²) in [5.74, 6) is -0.0315. The number of thiophene rings is 1. The molecule has 3 rings (SSSR count). The predicted molar refractivity (Wildman–Crippen MR) is 78.0 cm³/mol. The molecular formula is C14H17N3O2S. The first-order chi connectivity index (χ1) is 9.63. The summed E-state index contributed by atoms with van der Waals surface area (Å²) < 4.78 is 5.45. The van der Waals surface area contributed by atoms with Gasteiger partial charge in [-0.15, -0.1) is 11.3 Å². The summed E-state index contributed by atoms with van der Waals surface area (Å²) in [5, 5.41) is 7.10. The Kier molecular flexibility index (Phi) is 3.58. The summed E-state index contributed by atoms with van der Waals surface area (Å²) in [6.07, 6.45) is 0.0889. The quantitative estimate of drug-likeness (QED) is 0.923. The van der Waals surface area contributed by atoms with Crippen LogP contribution in [-0.2, 0) is 4.74 Å². The first kappa shape index (κ1) is 13.3. The smallest absolute Gasteiger partial charge is 0.274 e. The maximum absolute atomic E-state index is 12.4. The maximum atomic E-state index is 12.4. The van der Waals surface area contributed by atoms with Crippen molar-refractivity contribution in [3.8, 4) is 10.6 Å². The van der Waals surface area contributed by atoms with Gasteiger partial charge in [-0.25, -0.2) is 0 Å².